The van der Waals surface area contributed by atoms with Gasteiger partial charge in [-0.2, -0.15) is 5.10 Å². The molecule has 0 bridgehead atoms. The third kappa shape index (κ3) is 2.44. The van der Waals surface area contributed by atoms with Crippen molar-refractivity contribution in [3.8, 4) is 0 Å². The fraction of sp³-hybridized carbons (Fsp3) is 0.118. The highest BCUT2D eigenvalue weighted by Crippen LogP contribution is 2.23. The molecule has 6 heteroatoms. The Morgan fingerprint density at radius 2 is 2.13 bits per heavy atom. The van der Waals surface area contributed by atoms with Gasteiger partial charge in [0.05, 0.1) is 6.04 Å². The van der Waals surface area contributed by atoms with Crippen molar-refractivity contribution >= 4 is 22.5 Å². The van der Waals surface area contributed by atoms with Crippen LogP contribution in [0, 0.1) is 0 Å². The summed E-state index contributed by atoms with van der Waals surface area (Å²) in [7, 11) is 0. The molecule has 0 radical (unpaired) electrons. The molecule has 0 spiro atoms. The van der Waals surface area contributed by atoms with Crippen LogP contribution >= 0.6 is 0 Å². The zero-order chi connectivity index (χ0) is 15.8. The number of fused-ring (bicyclic) bond motifs is 2. The first-order valence-electron chi connectivity index (χ1n) is 7.30. The SMILES string of the molecule is C[C@@H](NC(=O)c1cc2ncccn2n1)c1cc2ccccc2o1. The van der Waals surface area contributed by atoms with E-state index in [4.69, 9.17) is 4.42 Å². The molecule has 1 amide bonds. The van der Waals surface area contributed by atoms with E-state index in [1.807, 2.05) is 37.3 Å². The van der Waals surface area contributed by atoms with E-state index in [0.29, 0.717) is 17.1 Å². The molecule has 0 unspecified atom stereocenters. The minimum absolute atomic E-state index is 0.257. The van der Waals surface area contributed by atoms with E-state index in [9.17, 15) is 4.79 Å². The summed E-state index contributed by atoms with van der Waals surface area (Å²) in [6.45, 7) is 1.88. The Hall–Kier alpha value is -3.15. The molecular weight excluding hydrogens is 292 g/mol. The molecular formula is C17H14N4O2. The minimum Gasteiger partial charge on any atom is -0.459 e. The molecule has 1 aromatic carbocycles. The number of nitrogens with zero attached hydrogens (tertiary/aromatic N) is 3. The summed E-state index contributed by atoms with van der Waals surface area (Å²) < 4.78 is 7.34. The first-order chi connectivity index (χ1) is 11.2. The molecule has 114 valence electrons. The number of rotatable bonds is 3. The molecule has 4 aromatic rings. The monoisotopic (exact) mass is 306 g/mol. The number of para-hydroxylation sites is 1. The summed E-state index contributed by atoms with van der Waals surface area (Å²) in [4.78, 5) is 16.5. The van der Waals surface area contributed by atoms with E-state index < -0.39 is 0 Å². The van der Waals surface area contributed by atoms with Gasteiger partial charge in [-0.3, -0.25) is 4.79 Å². The number of hydrogen-bond donors (Lipinski definition) is 1. The molecule has 1 atom stereocenters. The van der Waals surface area contributed by atoms with E-state index in [-0.39, 0.29) is 11.9 Å². The molecule has 0 aliphatic rings. The van der Waals surface area contributed by atoms with Gasteiger partial charge in [0.1, 0.15) is 11.3 Å². The summed E-state index contributed by atoms with van der Waals surface area (Å²) >= 11 is 0. The highest BCUT2D eigenvalue weighted by atomic mass is 16.3. The zero-order valence-electron chi connectivity index (χ0n) is 12.4. The molecule has 4 rings (SSSR count). The fourth-order valence-corrected chi connectivity index (χ4v) is 2.50. The highest BCUT2D eigenvalue weighted by molar-refractivity contribution is 5.93. The highest BCUT2D eigenvalue weighted by Gasteiger charge is 2.17. The number of benzene rings is 1. The number of aromatic nitrogens is 3. The van der Waals surface area contributed by atoms with E-state index >= 15 is 0 Å². The molecule has 3 heterocycles. The lowest BCUT2D eigenvalue weighted by Crippen LogP contribution is -2.26. The first-order valence-corrected chi connectivity index (χ1v) is 7.30. The number of nitrogens with one attached hydrogen (secondary N) is 1. The third-order valence-corrected chi connectivity index (χ3v) is 3.69. The van der Waals surface area contributed by atoms with Crippen LogP contribution in [0.15, 0.2) is 59.3 Å². The van der Waals surface area contributed by atoms with Crippen molar-refractivity contribution in [3.63, 3.8) is 0 Å². The van der Waals surface area contributed by atoms with Gasteiger partial charge in [-0.05, 0) is 25.1 Å². The van der Waals surface area contributed by atoms with Crippen LogP contribution in [0.25, 0.3) is 16.6 Å². The van der Waals surface area contributed by atoms with Gasteiger partial charge < -0.3 is 9.73 Å². The molecule has 6 nitrogen and oxygen atoms in total. The molecule has 23 heavy (non-hydrogen) atoms. The number of amides is 1. The smallest absolute Gasteiger partial charge is 0.272 e. The lowest BCUT2D eigenvalue weighted by molar-refractivity contribution is 0.0930. The number of hydrogen-bond acceptors (Lipinski definition) is 4. The van der Waals surface area contributed by atoms with Gasteiger partial charge in [-0.25, -0.2) is 9.50 Å². The van der Waals surface area contributed by atoms with Gasteiger partial charge in [0.15, 0.2) is 11.3 Å². The van der Waals surface area contributed by atoms with Crippen molar-refractivity contribution in [3.05, 3.63) is 66.3 Å². The molecule has 1 N–H and O–H groups in total. The van der Waals surface area contributed by atoms with Crippen molar-refractivity contribution in [2.24, 2.45) is 0 Å². The Morgan fingerprint density at radius 3 is 2.96 bits per heavy atom. The van der Waals surface area contributed by atoms with E-state index in [0.717, 1.165) is 11.0 Å². The Labute approximate surface area is 131 Å². The maximum Gasteiger partial charge on any atom is 0.272 e. The summed E-state index contributed by atoms with van der Waals surface area (Å²) in [6, 6.07) is 12.8. The zero-order valence-corrected chi connectivity index (χ0v) is 12.4. The van der Waals surface area contributed by atoms with Crippen molar-refractivity contribution in [1.29, 1.82) is 0 Å². The van der Waals surface area contributed by atoms with Gasteiger partial charge in [-0.15, -0.1) is 0 Å². The first kappa shape index (κ1) is 13.5. The van der Waals surface area contributed by atoms with Crippen LogP contribution in [0.1, 0.15) is 29.2 Å². The number of carbonyl (C=O) groups excluding carboxylic acids is 1. The number of carbonyl (C=O) groups is 1. The van der Waals surface area contributed by atoms with Crippen LogP contribution in [0.3, 0.4) is 0 Å². The Morgan fingerprint density at radius 1 is 1.26 bits per heavy atom. The number of furan rings is 1. The molecule has 0 saturated heterocycles. The van der Waals surface area contributed by atoms with Crippen molar-refractivity contribution in [1.82, 2.24) is 19.9 Å². The third-order valence-electron chi connectivity index (χ3n) is 3.69. The second-order valence-electron chi connectivity index (χ2n) is 5.33. The van der Waals surface area contributed by atoms with E-state index in [2.05, 4.69) is 15.4 Å². The lowest BCUT2D eigenvalue weighted by Gasteiger charge is -2.09. The maximum atomic E-state index is 12.4. The van der Waals surface area contributed by atoms with Gasteiger partial charge in [0.25, 0.3) is 5.91 Å². The standard InChI is InChI=1S/C17H14N4O2/c1-11(15-9-12-5-2-3-6-14(12)23-15)19-17(22)13-10-16-18-7-4-8-21(16)20-13/h2-11H,1H3,(H,19,22)/t11-/m1/s1. The largest absolute Gasteiger partial charge is 0.459 e. The topological polar surface area (TPSA) is 72.4 Å². The van der Waals surface area contributed by atoms with Crippen LogP contribution in [0.2, 0.25) is 0 Å². The second kappa shape index (κ2) is 5.24. The predicted molar refractivity (Wildman–Crippen MR) is 85.1 cm³/mol. The van der Waals surface area contributed by atoms with Gasteiger partial charge in [0, 0.05) is 23.8 Å². The van der Waals surface area contributed by atoms with Gasteiger partial charge >= 0.3 is 0 Å². The summed E-state index contributed by atoms with van der Waals surface area (Å²) in [6.07, 6.45) is 3.41. The maximum absolute atomic E-state index is 12.4. The average molecular weight is 306 g/mol. The van der Waals surface area contributed by atoms with Gasteiger partial charge in [-0.1, -0.05) is 18.2 Å². The van der Waals surface area contributed by atoms with Crippen LogP contribution < -0.4 is 5.32 Å². The molecule has 0 aliphatic heterocycles. The van der Waals surface area contributed by atoms with Crippen LogP contribution in [-0.2, 0) is 0 Å². The lowest BCUT2D eigenvalue weighted by atomic mass is 10.2. The summed E-state index contributed by atoms with van der Waals surface area (Å²) in [5, 5.41) is 8.13. The van der Waals surface area contributed by atoms with Crippen molar-refractivity contribution in [2.45, 2.75) is 13.0 Å². The molecule has 0 saturated carbocycles. The van der Waals surface area contributed by atoms with Crippen LogP contribution in [0.4, 0.5) is 0 Å². The van der Waals surface area contributed by atoms with Crippen molar-refractivity contribution < 1.29 is 9.21 Å². The summed E-state index contributed by atoms with van der Waals surface area (Å²) in [5.74, 6) is 0.449. The fourth-order valence-electron chi connectivity index (χ4n) is 2.50. The van der Waals surface area contributed by atoms with Crippen LogP contribution in [-0.4, -0.2) is 20.5 Å². The molecule has 0 aliphatic carbocycles. The predicted octanol–water partition coefficient (Wildman–Crippen LogP) is 2.97. The van der Waals surface area contributed by atoms with Gasteiger partial charge in [0.2, 0.25) is 0 Å². The molecule has 3 aromatic heterocycles. The normalized spacial score (nSPS) is 12.6. The Bertz CT molecular complexity index is 936. The quantitative estimate of drug-likeness (QED) is 0.631. The average Bonchev–Trinajstić information content (AvgIpc) is 3.18. The van der Waals surface area contributed by atoms with Crippen molar-refractivity contribution in [2.75, 3.05) is 0 Å². The second-order valence-corrected chi connectivity index (χ2v) is 5.33. The van der Waals surface area contributed by atoms with Crippen LogP contribution in [0.5, 0.6) is 0 Å². The Kier molecular flexibility index (Phi) is 3.08. The minimum atomic E-state index is -0.261. The Balaban J connectivity index is 1.57. The van der Waals surface area contributed by atoms with E-state index in [1.165, 1.54) is 0 Å². The summed E-state index contributed by atoms with van der Waals surface area (Å²) in [5.41, 5.74) is 1.77. The van der Waals surface area contributed by atoms with E-state index in [1.54, 1.807) is 29.0 Å². The molecule has 0 fully saturated rings.